The molecule has 0 radical (unpaired) electrons. The highest BCUT2D eigenvalue weighted by atomic mass is 32.2. The van der Waals surface area contributed by atoms with Crippen LogP contribution in [0.4, 0.5) is 5.69 Å². The molecule has 2 aromatic rings. The normalized spacial score (nSPS) is 12.1. The van der Waals surface area contributed by atoms with Gasteiger partial charge in [0.1, 0.15) is 0 Å². The fraction of sp³-hybridized carbons (Fsp3) is 0.0833. The number of aromatic nitrogens is 1. The van der Waals surface area contributed by atoms with E-state index in [0.717, 1.165) is 11.3 Å². The van der Waals surface area contributed by atoms with Gasteiger partial charge in [0.15, 0.2) is 16.0 Å². The van der Waals surface area contributed by atoms with Gasteiger partial charge in [-0.15, -0.1) is 0 Å². The van der Waals surface area contributed by atoms with Crippen LogP contribution in [0.3, 0.4) is 0 Å². The number of nitrogens with zero attached hydrogens (tertiary/aromatic N) is 1. The molecule has 0 saturated heterocycles. The van der Waals surface area contributed by atoms with Crippen LogP contribution in [0.2, 0.25) is 0 Å². The minimum Gasteiger partial charge on any atom is -0.300 e. The van der Waals surface area contributed by atoms with Crippen molar-refractivity contribution >= 4 is 16.7 Å². The molecule has 1 atom stereocenters. The van der Waals surface area contributed by atoms with Gasteiger partial charge in [0.05, 0.1) is 0 Å². The number of benzene rings is 1. The molecule has 82 valence electrons. The molecule has 1 aromatic carbocycles. The third-order valence-corrected chi connectivity index (χ3v) is 3.32. The summed E-state index contributed by atoms with van der Waals surface area (Å²) in [5.74, 6) is 0. The van der Waals surface area contributed by atoms with E-state index in [9.17, 15) is 4.21 Å². The summed E-state index contributed by atoms with van der Waals surface area (Å²) in [6.07, 6.45) is 1.65. The van der Waals surface area contributed by atoms with E-state index >= 15 is 0 Å². The molecule has 0 aliphatic rings. The summed E-state index contributed by atoms with van der Waals surface area (Å²) in [6.45, 7) is 1.90. The Hall–Kier alpha value is -1.68. The van der Waals surface area contributed by atoms with Gasteiger partial charge >= 0.3 is 0 Å². The first-order valence-corrected chi connectivity index (χ1v) is 6.07. The number of nitrogens with one attached hydrogen (secondary N) is 1. The zero-order chi connectivity index (χ0) is 11.4. The second-order valence-corrected chi connectivity index (χ2v) is 4.49. The highest BCUT2D eigenvalue weighted by Crippen LogP contribution is 2.12. The van der Waals surface area contributed by atoms with E-state index in [4.69, 9.17) is 0 Å². The van der Waals surface area contributed by atoms with Crippen molar-refractivity contribution < 1.29 is 4.21 Å². The third-order valence-electron chi connectivity index (χ3n) is 2.12. The fourth-order valence-electron chi connectivity index (χ4n) is 1.33. The summed E-state index contributed by atoms with van der Waals surface area (Å²) in [4.78, 5) is 4.11. The summed E-state index contributed by atoms with van der Waals surface area (Å²) in [5.41, 5.74) is 1.75. The average Bonchev–Trinajstić information content (AvgIpc) is 2.31. The lowest BCUT2D eigenvalue weighted by Gasteiger charge is -2.06. The SMILES string of the molecule is Cc1cccnc1S(=O)Nc1ccccc1. The molecule has 1 N–H and O–H groups in total. The van der Waals surface area contributed by atoms with Crippen molar-refractivity contribution in [2.75, 3.05) is 4.72 Å². The maximum absolute atomic E-state index is 12.0. The molecule has 4 heteroatoms. The van der Waals surface area contributed by atoms with Crippen LogP contribution in [-0.4, -0.2) is 9.19 Å². The Kier molecular flexibility index (Phi) is 3.31. The van der Waals surface area contributed by atoms with E-state index in [2.05, 4.69) is 9.71 Å². The number of hydrogen-bond donors (Lipinski definition) is 1. The maximum Gasteiger partial charge on any atom is 0.169 e. The Labute approximate surface area is 97.1 Å². The summed E-state index contributed by atoms with van der Waals surface area (Å²) in [5, 5.41) is 0.575. The molecule has 0 bridgehead atoms. The van der Waals surface area contributed by atoms with Gasteiger partial charge in [0.25, 0.3) is 0 Å². The molecule has 0 aliphatic carbocycles. The van der Waals surface area contributed by atoms with Gasteiger partial charge in [-0.05, 0) is 30.7 Å². The first kappa shape index (κ1) is 10.8. The molecular weight excluding hydrogens is 220 g/mol. The molecule has 3 nitrogen and oxygen atoms in total. The number of hydrogen-bond acceptors (Lipinski definition) is 2. The maximum atomic E-state index is 12.0. The number of aryl methyl sites for hydroxylation is 1. The molecule has 0 aliphatic heterocycles. The van der Waals surface area contributed by atoms with Crippen LogP contribution in [0.15, 0.2) is 53.7 Å². The number of para-hydroxylation sites is 1. The van der Waals surface area contributed by atoms with Crippen molar-refractivity contribution in [1.82, 2.24) is 4.98 Å². The lowest BCUT2D eigenvalue weighted by molar-refractivity contribution is 0.683. The predicted octanol–water partition coefficient (Wildman–Crippen LogP) is 2.52. The van der Waals surface area contributed by atoms with Crippen LogP contribution in [0.25, 0.3) is 0 Å². The number of anilines is 1. The topological polar surface area (TPSA) is 42.0 Å². The fourth-order valence-corrected chi connectivity index (χ4v) is 2.29. The Bertz CT molecular complexity index is 499. The van der Waals surface area contributed by atoms with Crippen LogP contribution in [0.1, 0.15) is 5.56 Å². The van der Waals surface area contributed by atoms with Gasteiger partial charge in [-0.2, -0.15) is 0 Å². The summed E-state index contributed by atoms with van der Waals surface area (Å²) < 4.78 is 14.9. The van der Waals surface area contributed by atoms with Crippen LogP contribution in [0, 0.1) is 6.92 Å². The zero-order valence-corrected chi connectivity index (χ0v) is 9.70. The third kappa shape index (κ3) is 2.46. The van der Waals surface area contributed by atoms with E-state index in [1.165, 1.54) is 0 Å². The van der Waals surface area contributed by atoms with E-state index in [0.29, 0.717) is 5.03 Å². The van der Waals surface area contributed by atoms with E-state index in [-0.39, 0.29) is 0 Å². The van der Waals surface area contributed by atoms with Crippen LogP contribution in [0.5, 0.6) is 0 Å². The number of pyridine rings is 1. The minimum absolute atomic E-state index is 0.575. The Morgan fingerprint density at radius 3 is 2.56 bits per heavy atom. The van der Waals surface area contributed by atoms with E-state index in [1.807, 2.05) is 49.4 Å². The van der Waals surface area contributed by atoms with Gasteiger partial charge in [0, 0.05) is 11.9 Å². The van der Waals surface area contributed by atoms with Gasteiger partial charge in [-0.25, -0.2) is 9.19 Å². The summed E-state index contributed by atoms with van der Waals surface area (Å²) in [6, 6.07) is 13.2. The Morgan fingerprint density at radius 1 is 1.12 bits per heavy atom. The Morgan fingerprint density at radius 2 is 1.88 bits per heavy atom. The van der Waals surface area contributed by atoms with Gasteiger partial charge in [0.2, 0.25) is 0 Å². The zero-order valence-electron chi connectivity index (χ0n) is 8.88. The second kappa shape index (κ2) is 4.90. The standard InChI is InChI=1S/C12H12N2OS/c1-10-6-5-9-13-12(10)16(15)14-11-7-3-2-4-8-11/h2-9,14H,1H3. The van der Waals surface area contributed by atoms with Crippen LogP contribution >= 0.6 is 0 Å². The largest absolute Gasteiger partial charge is 0.300 e. The molecule has 1 aromatic heterocycles. The molecule has 1 heterocycles. The molecule has 1 unspecified atom stereocenters. The Balaban J connectivity index is 2.19. The lowest BCUT2D eigenvalue weighted by atomic mass is 10.3. The second-order valence-electron chi connectivity index (χ2n) is 3.36. The van der Waals surface area contributed by atoms with Crippen molar-refractivity contribution in [3.05, 3.63) is 54.2 Å². The van der Waals surface area contributed by atoms with Crippen molar-refractivity contribution in [3.63, 3.8) is 0 Å². The molecular formula is C12H12N2OS. The first-order valence-electron chi connectivity index (χ1n) is 4.92. The summed E-state index contributed by atoms with van der Waals surface area (Å²) in [7, 11) is -1.31. The highest BCUT2D eigenvalue weighted by molar-refractivity contribution is 7.86. The van der Waals surface area contributed by atoms with Crippen molar-refractivity contribution in [2.24, 2.45) is 0 Å². The average molecular weight is 232 g/mol. The highest BCUT2D eigenvalue weighted by Gasteiger charge is 2.07. The molecule has 0 spiro atoms. The minimum atomic E-state index is -1.31. The smallest absolute Gasteiger partial charge is 0.169 e. The predicted molar refractivity (Wildman–Crippen MR) is 65.4 cm³/mol. The molecule has 0 amide bonds. The van der Waals surface area contributed by atoms with Crippen molar-refractivity contribution in [1.29, 1.82) is 0 Å². The van der Waals surface area contributed by atoms with Crippen molar-refractivity contribution in [2.45, 2.75) is 11.9 Å². The van der Waals surface area contributed by atoms with Gasteiger partial charge in [-0.1, -0.05) is 24.3 Å². The van der Waals surface area contributed by atoms with E-state index < -0.39 is 11.0 Å². The summed E-state index contributed by atoms with van der Waals surface area (Å²) >= 11 is 0. The number of rotatable bonds is 3. The molecule has 2 rings (SSSR count). The monoisotopic (exact) mass is 232 g/mol. The quantitative estimate of drug-likeness (QED) is 0.883. The van der Waals surface area contributed by atoms with Gasteiger partial charge in [-0.3, -0.25) is 4.72 Å². The lowest BCUT2D eigenvalue weighted by Crippen LogP contribution is -2.07. The molecule has 0 saturated carbocycles. The first-order chi connectivity index (χ1) is 7.77. The van der Waals surface area contributed by atoms with Crippen LogP contribution in [-0.2, 0) is 11.0 Å². The van der Waals surface area contributed by atoms with Crippen molar-refractivity contribution in [3.8, 4) is 0 Å². The van der Waals surface area contributed by atoms with Gasteiger partial charge < -0.3 is 0 Å². The van der Waals surface area contributed by atoms with E-state index in [1.54, 1.807) is 6.20 Å². The van der Waals surface area contributed by atoms with Crippen LogP contribution < -0.4 is 4.72 Å². The molecule has 16 heavy (non-hydrogen) atoms. The molecule has 0 fully saturated rings.